The van der Waals surface area contributed by atoms with E-state index in [1.165, 1.54) is 13.2 Å². The van der Waals surface area contributed by atoms with Crippen LogP contribution in [0.25, 0.3) is 22.3 Å². The first-order chi connectivity index (χ1) is 12.6. The van der Waals surface area contributed by atoms with Gasteiger partial charge in [-0.2, -0.15) is 0 Å². The maximum absolute atomic E-state index is 11.8. The highest BCUT2D eigenvalue weighted by Gasteiger charge is 2.19. The molecule has 3 aromatic rings. The van der Waals surface area contributed by atoms with Gasteiger partial charge in [-0.15, -0.1) is 0 Å². The second kappa shape index (κ2) is 7.49. The number of aldehydes is 1. The number of hydrogen-bond acceptors (Lipinski definition) is 6. The van der Waals surface area contributed by atoms with Gasteiger partial charge >= 0.3 is 0 Å². The number of ether oxygens (including phenoxy) is 2. The van der Waals surface area contributed by atoms with Crippen LogP contribution < -0.4 is 9.47 Å². The van der Waals surface area contributed by atoms with Gasteiger partial charge in [-0.1, -0.05) is 0 Å². The van der Waals surface area contributed by atoms with Crippen molar-refractivity contribution < 1.29 is 28.9 Å². The number of aromatic hydroxyl groups is 1. The predicted octanol–water partition coefficient (Wildman–Crippen LogP) is 3.56. The molecule has 26 heavy (non-hydrogen) atoms. The van der Waals surface area contributed by atoms with Gasteiger partial charge < -0.3 is 24.1 Å². The average Bonchev–Trinajstić information content (AvgIpc) is 3.03. The normalized spacial score (nSPS) is 10.9. The molecular formula is C20H20O6. The van der Waals surface area contributed by atoms with Crippen LogP contribution in [0.5, 0.6) is 17.2 Å². The van der Waals surface area contributed by atoms with Crippen LogP contribution in [0.15, 0.2) is 34.7 Å². The number of rotatable bonds is 7. The van der Waals surface area contributed by atoms with Crippen LogP contribution in [0.3, 0.4) is 0 Å². The summed E-state index contributed by atoms with van der Waals surface area (Å²) in [6.07, 6.45) is 1.97. The third kappa shape index (κ3) is 3.11. The second-order valence-corrected chi connectivity index (χ2v) is 5.84. The van der Waals surface area contributed by atoms with Crippen LogP contribution >= 0.6 is 0 Å². The molecular weight excluding hydrogens is 336 g/mol. The molecule has 1 aromatic heterocycles. The number of furan rings is 1. The minimum absolute atomic E-state index is 0.00738. The summed E-state index contributed by atoms with van der Waals surface area (Å²) in [7, 11) is 3.02. The Balaban J connectivity index is 2.19. The fourth-order valence-electron chi connectivity index (χ4n) is 2.99. The average molecular weight is 356 g/mol. The van der Waals surface area contributed by atoms with E-state index in [1.54, 1.807) is 25.3 Å². The third-order valence-corrected chi connectivity index (χ3v) is 4.29. The number of hydrogen-bond donors (Lipinski definition) is 2. The van der Waals surface area contributed by atoms with Crippen LogP contribution in [0.1, 0.15) is 22.3 Å². The van der Waals surface area contributed by atoms with Crippen molar-refractivity contribution in [2.75, 3.05) is 20.8 Å². The maximum atomic E-state index is 11.8. The highest BCUT2D eigenvalue weighted by Crippen LogP contribution is 2.39. The molecule has 2 N–H and O–H groups in total. The number of aryl methyl sites for hydroxylation is 1. The van der Waals surface area contributed by atoms with Crippen molar-refractivity contribution in [1.82, 2.24) is 0 Å². The van der Waals surface area contributed by atoms with E-state index in [2.05, 4.69) is 0 Å². The van der Waals surface area contributed by atoms with E-state index < -0.39 is 0 Å². The van der Waals surface area contributed by atoms with E-state index in [1.807, 2.05) is 6.07 Å². The van der Waals surface area contributed by atoms with Gasteiger partial charge in [0.15, 0.2) is 17.8 Å². The molecule has 0 unspecified atom stereocenters. The van der Waals surface area contributed by atoms with Gasteiger partial charge in [0.25, 0.3) is 0 Å². The summed E-state index contributed by atoms with van der Waals surface area (Å²) in [5.41, 5.74) is 2.46. The third-order valence-electron chi connectivity index (χ3n) is 4.29. The van der Waals surface area contributed by atoms with Crippen molar-refractivity contribution >= 4 is 17.3 Å². The first kappa shape index (κ1) is 17.8. The standard InChI is InChI=1S/C20H20O6/c1-24-17-10-18-14(8-12(17)4-3-7-21)15(11-22)20(26-18)13-5-6-16(23)19(9-13)25-2/h5-6,8-11,21,23H,3-4,7H2,1-2H3. The van der Waals surface area contributed by atoms with Crippen LogP contribution in [0.4, 0.5) is 0 Å². The summed E-state index contributed by atoms with van der Waals surface area (Å²) >= 11 is 0. The molecule has 0 aliphatic carbocycles. The van der Waals surface area contributed by atoms with Gasteiger partial charge in [0.2, 0.25) is 0 Å². The quantitative estimate of drug-likeness (QED) is 0.629. The number of carbonyl (C=O) groups excluding carboxylic acids is 1. The van der Waals surface area contributed by atoms with Crippen molar-refractivity contribution in [2.45, 2.75) is 12.8 Å². The highest BCUT2D eigenvalue weighted by molar-refractivity contribution is 6.03. The van der Waals surface area contributed by atoms with Gasteiger partial charge in [0, 0.05) is 23.6 Å². The van der Waals surface area contributed by atoms with Crippen LogP contribution in [0.2, 0.25) is 0 Å². The molecule has 0 saturated carbocycles. The molecule has 0 aliphatic rings. The number of phenolic OH excluding ortho intramolecular Hbond substituents is 1. The van der Waals surface area contributed by atoms with Gasteiger partial charge in [-0.3, -0.25) is 4.79 Å². The molecule has 136 valence electrons. The van der Waals surface area contributed by atoms with E-state index in [0.717, 1.165) is 11.8 Å². The van der Waals surface area contributed by atoms with E-state index in [0.29, 0.717) is 52.2 Å². The van der Waals surface area contributed by atoms with Gasteiger partial charge in [0.1, 0.15) is 17.1 Å². The zero-order chi connectivity index (χ0) is 18.7. The molecule has 2 aromatic carbocycles. The summed E-state index contributed by atoms with van der Waals surface area (Å²) in [5.74, 6) is 1.34. The smallest absolute Gasteiger partial charge is 0.161 e. The maximum Gasteiger partial charge on any atom is 0.161 e. The highest BCUT2D eigenvalue weighted by atomic mass is 16.5. The van der Waals surface area contributed by atoms with Crippen LogP contribution in [-0.2, 0) is 6.42 Å². The summed E-state index contributed by atoms with van der Waals surface area (Å²) < 4.78 is 16.5. The monoisotopic (exact) mass is 356 g/mol. The van der Waals surface area contributed by atoms with Crippen molar-refractivity contribution in [3.8, 4) is 28.6 Å². The number of fused-ring (bicyclic) bond motifs is 1. The molecule has 0 bridgehead atoms. The number of carbonyl (C=O) groups is 1. The number of aliphatic hydroxyl groups is 1. The molecule has 1 heterocycles. The molecule has 0 atom stereocenters. The lowest BCUT2D eigenvalue weighted by Crippen LogP contribution is -1.95. The topological polar surface area (TPSA) is 89.1 Å². The molecule has 0 amide bonds. The Morgan fingerprint density at radius 2 is 1.88 bits per heavy atom. The number of aliphatic hydroxyl groups excluding tert-OH is 1. The van der Waals surface area contributed by atoms with Crippen LogP contribution in [-0.4, -0.2) is 37.3 Å². The summed E-state index contributed by atoms with van der Waals surface area (Å²) in [5, 5.41) is 19.5. The Morgan fingerprint density at radius 1 is 1.12 bits per heavy atom. The lowest BCUT2D eigenvalue weighted by atomic mass is 10.0. The lowest BCUT2D eigenvalue weighted by molar-refractivity contribution is 0.112. The minimum atomic E-state index is 0.00738. The number of benzene rings is 2. The Morgan fingerprint density at radius 3 is 2.54 bits per heavy atom. The largest absolute Gasteiger partial charge is 0.504 e. The van der Waals surface area contributed by atoms with Crippen molar-refractivity contribution in [1.29, 1.82) is 0 Å². The predicted molar refractivity (Wildman–Crippen MR) is 97.2 cm³/mol. The molecule has 0 spiro atoms. The number of phenols is 1. The van der Waals surface area contributed by atoms with E-state index in [4.69, 9.17) is 19.0 Å². The Bertz CT molecular complexity index is 941. The number of methoxy groups -OCH3 is 2. The summed E-state index contributed by atoms with van der Waals surface area (Å²) in [4.78, 5) is 11.8. The van der Waals surface area contributed by atoms with Crippen molar-refractivity contribution in [2.24, 2.45) is 0 Å². The first-order valence-electron chi connectivity index (χ1n) is 8.19. The van der Waals surface area contributed by atoms with Gasteiger partial charge in [-0.05, 0) is 42.7 Å². The Kier molecular flexibility index (Phi) is 5.14. The molecule has 6 nitrogen and oxygen atoms in total. The molecule has 0 radical (unpaired) electrons. The lowest BCUT2D eigenvalue weighted by Gasteiger charge is -2.07. The zero-order valence-electron chi connectivity index (χ0n) is 14.6. The summed E-state index contributed by atoms with van der Waals surface area (Å²) in [6.45, 7) is 0.0751. The molecule has 0 saturated heterocycles. The summed E-state index contributed by atoms with van der Waals surface area (Å²) in [6, 6.07) is 8.37. The Hall–Kier alpha value is -2.99. The molecule has 0 fully saturated rings. The molecule has 3 rings (SSSR count). The molecule has 0 aliphatic heterocycles. The minimum Gasteiger partial charge on any atom is -0.504 e. The van der Waals surface area contributed by atoms with E-state index >= 15 is 0 Å². The van der Waals surface area contributed by atoms with E-state index in [9.17, 15) is 9.90 Å². The van der Waals surface area contributed by atoms with Crippen LogP contribution in [0, 0.1) is 0 Å². The second-order valence-electron chi connectivity index (χ2n) is 5.84. The van der Waals surface area contributed by atoms with E-state index in [-0.39, 0.29) is 12.4 Å². The van der Waals surface area contributed by atoms with Crippen molar-refractivity contribution in [3.05, 3.63) is 41.5 Å². The first-order valence-corrected chi connectivity index (χ1v) is 8.19. The fourth-order valence-corrected chi connectivity index (χ4v) is 2.99. The van der Waals surface area contributed by atoms with Gasteiger partial charge in [0.05, 0.1) is 19.8 Å². The fraction of sp³-hybridized carbons (Fsp3) is 0.250. The SMILES string of the molecule is COc1cc(-c2oc3cc(OC)c(CCCO)cc3c2C=O)ccc1O. The zero-order valence-corrected chi connectivity index (χ0v) is 14.6. The Labute approximate surface area is 150 Å². The van der Waals surface area contributed by atoms with Gasteiger partial charge in [-0.25, -0.2) is 0 Å². The molecule has 6 heteroatoms. The van der Waals surface area contributed by atoms with Crippen molar-refractivity contribution in [3.63, 3.8) is 0 Å².